The Morgan fingerprint density at radius 3 is 2.72 bits per heavy atom. The van der Waals surface area contributed by atoms with E-state index >= 15 is 0 Å². The van der Waals surface area contributed by atoms with Crippen LogP contribution in [0.4, 0.5) is 5.82 Å². The number of rotatable bonds is 5. The standard InChI is InChI=1S/C15H25N3/c1-4-15(5-2)9-10-18(12-15)14-8-6-7-13(17-14)11-16-3/h6-8,16H,4-5,9-12H2,1-3H3. The molecule has 1 saturated heterocycles. The van der Waals surface area contributed by atoms with E-state index in [9.17, 15) is 0 Å². The molecule has 18 heavy (non-hydrogen) atoms. The van der Waals surface area contributed by atoms with Crippen molar-refractivity contribution in [1.82, 2.24) is 10.3 Å². The lowest BCUT2D eigenvalue weighted by Gasteiger charge is -2.26. The van der Waals surface area contributed by atoms with Gasteiger partial charge in [0.05, 0.1) is 5.69 Å². The first kappa shape index (κ1) is 13.3. The highest BCUT2D eigenvalue weighted by Crippen LogP contribution is 2.38. The third-order valence-corrected chi connectivity index (χ3v) is 4.41. The van der Waals surface area contributed by atoms with Crippen molar-refractivity contribution >= 4 is 5.82 Å². The topological polar surface area (TPSA) is 28.2 Å². The van der Waals surface area contributed by atoms with Crippen molar-refractivity contribution in [3.05, 3.63) is 23.9 Å². The molecule has 1 fully saturated rings. The van der Waals surface area contributed by atoms with Gasteiger partial charge in [0.2, 0.25) is 0 Å². The Morgan fingerprint density at radius 2 is 2.11 bits per heavy atom. The highest BCUT2D eigenvalue weighted by molar-refractivity contribution is 5.41. The van der Waals surface area contributed by atoms with E-state index in [1.165, 1.54) is 19.3 Å². The van der Waals surface area contributed by atoms with E-state index in [1.54, 1.807) is 0 Å². The second kappa shape index (κ2) is 5.70. The number of hydrogen-bond donors (Lipinski definition) is 1. The molecule has 1 aliphatic rings. The van der Waals surface area contributed by atoms with Gasteiger partial charge in [-0.1, -0.05) is 19.9 Å². The summed E-state index contributed by atoms with van der Waals surface area (Å²) in [5, 5.41) is 3.16. The summed E-state index contributed by atoms with van der Waals surface area (Å²) in [6, 6.07) is 6.34. The SMILES string of the molecule is CCC1(CC)CCN(c2cccc(CNC)n2)C1. The van der Waals surface area contributed by atoms with E-state index in [2.05, 4.69) is 42.3 Å². The van der Waals surface area contributed by atoms with Crippen LogP contribution >= 0.6 is 0 Å². The summed E-state index contributed by atoms with van der Waals surface area (Å²) in [6.45, 7) is 7.79. The zero-order chi connectivity index (χ0) is 13.0. The van der Waals surface area contributed by atoms with Gasteiger partial charge in [-0.15, -0.1) is 0 Å². The maximum atomic E-state index is 4.74. The van der Waals surface area contributed by atoms with Gasteiger partial charge in [-0.3, -0.25) is 0 Å². The Kier molecular flexibility index (Phi) is 4.23. The summed E-state index contributed by atoms with van der Waals surface area (Å²) in [6.07, 6.45) is 3.85. The monoisotopic (exact) mass is 247 g/mol. The summed E-state index contributed by atoms with van der Waals surface area (Å²) in [4.78, 5) is 7.19. The molecule has 2 rings (SSSR count). The summed E-state index contributed by atoms with van der Waals surface area (Å²) in [5.74, 6) is 1.14. The fourth-order valence-corrected chi connectivity index (χ4v) is 2.88. The van der Waals surface area contributed by atoms with Gasteiger partial charge in [-0.2, -0.15) is 0 Å². The van der Waals surface area contributed by atoms with E-state index in [1.807, 2.05) is 7.05 Å². The first-order valence-corrected chi connectivity index (χ1v) is 7.08. The largest absolute Gasteiger partial charge is 0.356 e. The van der Waals surface area contributed by atoms with Crippen molar-refractivity contribution in [3.8, 4) is 0 Å². The third kappa shape index (κ3) is 2.66. The van der Waals surface area contributed by atoms with Crippen LogP contribution in [0.25, 0.3) is 0 Å². The molecule has 0 aliphatic carbocycles. The van der Waals surface area contributed by atoms with Crippen molar-refractivity contribution in [2.75, 3.05) is 25.0 Å². The van der Waals surface area contributed by atoms with E-state index in [4.69, 9.17) is 4.98 Å². The number of hydrogen-bond acceptors (Lipinski definition) is 3. The summed E-state index contributed by atoms with van der Waals surface area (Å²) in [7, 11) is 1.96. The van der Waals surface area contributed by atoms with Crippen LogP contribution in [0.3, 0.4) is 0 Å². The maximum absolute atomic E-state index is 4.74. The fourth-order valence-electron chi connectivity index (χ4n) is 2.88. The number of aromatic nitrogens is 1. The van der Waals surface area contributed by atoms with Gasteiger partial charge < -0.3 is 10.2 Å². The minimum absolute atomic E-state index is 0.515. The highest BCUT2D eigenvalue weighted by atomic mass is 15.2. The molecule has 0 bridgehead atoms. The third-order valence-electron chi connectivity index (χ3n) is 4.41. The van der Waals surface area contributed by atoms with Crippen LogP contribution < -0.4 is 10.2 Å². The normalized spacial score (nSPS) is 18.3. The molecular formula is C15H25N3. The molecule has 0 atom stereocenters. The average Bonchev–Trinajstić information content (AvgIpc) is 2.85. The van der Waals surface area contributed by atoms with Crippen LogP contribution in [0.5, 0.6) is 0 Å². The molecule has 100 valence electrons. The minimum Gasteiger partial charge on any atom is -0.356 e. The molecule has 3 heteroatoms. The van der Waals surface area contributed by atoms with E-state index in [0.717, 1.165) is 31.1 Å². The molecule has 3 nitrogen and oxygen atoms in total. The molecule has 0 aromatic carbocycles. The van der Waals surface area contributed by atoms with Gasteiger partial charge in [-0.05, 0) is 43.9 Å². The Balaban J connectivity index is 2.11. The zero-order valence-corrected chi connectivity index (χ0v) is 11.9. The molecule has 0 amide bonds. The summed E-state index contributed by atoms with van der Waals surface area (Å²) in [5.41, 5.74) is 1.64. The van der Waals surface area contributed by atoms with E-state index in [0.29, 0.717) is 5.41 Å². The number of anilines is 1. The van der Waals surface area contributed by atoms with Crippen molar-refractivity contribution in [2.45, 2.75) is 39.7 Å². The quantitative estimate of drug-likeness (QED) is 0.867. The van der Waals surface area contributed by atoms with Crippen LogP contribution in [0.1, 0.15) is 38.8 Å². The van der Waals surface area contributed by atoms with Gasteiger partial charge in [0.15, 0.2) is 0 Å². The zero-order valence-electron chi connectivity index (χ0n) is 11.9. The van der Waals surface area contributed by atoms with Crippen LogP contribution in [-0.4, -0.2) is 25.1 Å². The second-order valence-electron chi connectivity index (χ2n) is 5.40. The summed E-state index contributed by atoms with van der Waals surface area (Å²) >= 11 is 0. The van der Waals surface area contributed by atoms with Crippen molar-refractivity contribution in [1.29, 1.82) is 0 Å². The molecule has 2 heterocycles. The molecule has 0 unspecified atom stereocenters. The van der Waals surface area contributed by atoms with Gasteiger partial charge >= 0.3 is 0 Å². The lowest BCUT2D eigenvalue weighted by Crippen LogP contribution is -2.27. The van der Waals surface area contributed by atoms with Gasteiger partial charge in [0, 0.05) is 19.6 Å². The predicted molar refractivity (Wildman–Crippen MR) is 76.8 cm³/mol. The molecular weight excluding hydrogens is 222 g/mol. The second-order valence-corrected chi connectivity index (χ2v) is 5.40. The molecule has 1 aromatic heterocycles. The lowest BCUT2D eigenvalue weighted by molar-refractivity contribution is 0.301. The van der Waals surface area contributed by atoms with E-state index in [-0.39, 0.29) is 0 Å². The fraction of sp³-hybridized carbons (Fsp3) is 0.667. The number of pyridine rings is 1. The lowest BCUT2D eigenvalue weighted by atomic mass is 9.82. The molecule has 1 N–H and O–H groups in total. The van der Waals surface area contributed by atoms with Gasteiger partial charge in [0.25, 0.3) is 0 Å². The van der Waals surface area contributed by atoms with Gasteiger partial charge in [0.1, 0.15) is 5.82 Å². The Labute approximate surface area is 111 Å². The van der Waals surface area contributed by atoms with Crippen LogP contribution in [0.15, 0.2) is 18.2 Å². The highest BCUT2D eigenvalue weighted by Gasteiger charge is 2.35. The molecule has 1 aromatic rings. The predicted octanol–water partition coefficient (Wildman–Crippen LogP) is 2.82. The minimum atomic E-state index is 0.515. The van der Waals surface area contributed by atoms with Crippen molar-refractivity contribution < 1.29 is 0 Å². The van der Waals surface area contributed by atoms with Crippen LogP contribution in [0, 0.1) is 5.41 Å². The number of nitrogens with one attached hydrogen (secondary N) is 1. The Bertz CT molecular complexity index is 385. The smallest absolute Gasteiger partial charge is 0.128 e. The summed E-state index contributed by atoms with van der Waals surface area (Å²) < 4.78 is 0. The van der Waals surface area contributed by atoms with Gasteiger partial charge in [-0.25, -0.2) is 4.98 Å². The van der Waals surface area contributed by atoms with Crippen molar-refractivity contribution in [2.24, 2.45) is 5.41 Å². The van der Waals surface area contributed by atoms with E-state index < -0.39 is 0 Å². The van der Waals surface area contributed by atoms with Crippen LogP contribution in [-0.2, 0) is 6.54 Å². The molecule has 0 saturated carbocycles. The number of nitrogens with zero attached hydrogens (tertiary/aromatic N) is 2. The average molecular weight is 247 g/mol. The Hall–Kier alpha value is -1.09. The van der Waals surface area contributed by atoms with Crippen molar-refractivity contribution in [3.63, 3.8) is 0 Å². The first-order valence-electron chi connectivity index (χ1n) is 7.08. The molecule has 0 spiro atoms. The Morgan fingerprint density at radius 1 is 1.33 bits per heavy atom. The maximum Gasteiger partial charge on any atom is 0.128 e. The van der Waals surface area contributed by atoms with Crippen LogP contribution in [0.2, 0.25) is 0 Å². The first-order chi connectivity index (χ1) is 8.73. The molecule has 0 radical (unpaired) electrons. The molecule has 1 aliphatic heterocycles.